The van der Waals surface area contributed by atoms with Gasteiger partial charge in [0.1, 0.15) is 5.75 Å². The van der Waals surface area contributed by atoms with E-state index in [-0.39, 0.29) is 18.5 Å². The van der Waals surface area contributed by atoms with Crippen LogP contribution in [0.3, 0.4) is 0 Å². The van der Waals surface area contributed by atoms with Crippen molar-refractivity contribution in [3.05, 3.63) is 29.8 Å². The minimum atomic E-state index is -0.318. The molecule has 0 spiro atoms. The Morgan fingerprint density at radius 1 is 1.20 bits per heavy atom. The van der Waals surface area contributed by atoms with Gasteiger partial charge in [-0.15, -0.1) is 0 Å². The van der Waals surface area contributed by atoms with Gasteiger partial charge in [0.25, 0.3) is 5.91 Å². The summed E-state index contributed by atoms with van der Waals surface area (Å²) in [5.74, 6) is 0.840. The molecule has 0 unspecified atom stereocenters. The largest absolute Gasteiger partial charge is 0.484 e. The molecule has 0 aliphatic heterocycles. The van der Waals surface area contributed by atoms with E-state index in [0.717, 1.165) is 12.0 Å². The van der Waals surface area contributed by atoms with Crippen molar-refractivity contribution in [1.29, 1.82) is 0 Å². The molecule has 0 radical (unpaired) electrons. The molecule has 0 fully saturated rings. The van der Waals surface area contributed by atoms with Gasteiger partial charge in [-0.3, -0.25) is 4.79 Å². The number of amides is 3. The van der Waals surface area contributed by atoms with E-state index in [0.29, 0.717) is 31.2 Å². The predicted molar refractivity (Wildman–Crippen MR) is 98.8 cm³/mol. The molecule has 138 valence electrons. The second-order valence-electron chi connectivity index (χ2n) is 5.67. The van der Waals surface area contributed by atoms with Crippen LogP contribution in [0.1, 0.15) is 32.8 Å². The van der Waals surface area contributed by atoms with Crippen LogP contribution in [0.15, 0.2) is 29.4 Å². The third-order valence-corrected chi connectivity index (χ3v) is 3.51. The van der Waals surface area contributed by atoms with Crippen molar-refractivity contribution in [2.24, 2.45) is 11.0 Å². The van der Waals surface area contributed by atoms with E-state index >= 15 is 0 Å². The first-order valence-corrected chi connectivity index (χ1v) is 8.60. The Morgan fingerprint density at radius 3 is 2.56 bits per heavy atom. The topological polar surface area (TPSA) is 91.8 Å². The molecule has 7 heteroatoms. The minimum Gasteiger partial charge on any atom is -0.484 e. The fourth-order valence-corrected chi connectivity index (χ4v) is 1.84. The lowest BCUT2D eigenvalue weighted by atomic mass is 10.1. The molecule has 25 heavy (non-hydrogen) atoms. The van der Waals surface area contributed by atoms with Crippen LogP contribution < -0.4 is 20.8 Å². The Kier molecular flexibility index (Phi) is 9.74. The van der Waals surface area contributed by atoms with Crippen molar-refractivity contribution in [3.8, 4) is 5.75 Å². The number of hydrogen-bond acceptors (Lipinski definition) is 4. The Hall–Kier alpha value is -2.57. The summed E-state index contributed by atoms with van der Waals surface area (Å²) in [4.78, 5) is 22.9. The highest BCUT2D eigenvalue weighted by molar-refractivity contribution is 5.77. The van der Waals surface area contributed by atoms with Crippen LogP contribution in [0.5, 0.6) is 5.75 Å². The second kappa shape index (κ2) is 11.9. The number of hydrogen-bond donors (Lipinski definition) is 3. The number of nitrogens with one attached hydrogen (secondary N) is 3. The van der Waals surface area contributed by atoms with Crippen molar-refractivity contribution in [2.75, 3.05) is 19.7 Å². The van der Waals surface area contributed by atoms with Gasteiger partial charge in [0.05, 0.1) is 0 Å². The number of benzene rings is 1. The monoisotopic (exact) mass is 348 g/mol. The number of hydrazone groups is 1. The quantitative estimate of drug-likeness (QED) is 0.446. The Morgan fingerprint density at radius 2 is 1.92 bits per heavy atom. The molecule has 0 heterocycles. The van der Waals surface area contributed by atoms with E-state index in [4.69, 9.17) is 4.74 Å². The van der Waals surface area contributed by atoms with E-state index in [9.17, 15) is 9.59 Å². The normalized spacial score (nSPS) is 11.8. The lowest BCUT2D eigenvalue weighted by Gasteiger charge is -2.08. The first kappa shape index (κ1) is 20.5. The minimum absolute atomic E-state index is 0.00603. The fourth-order valence-electron chi connectivity index (χ4n) is 1.84. The standard InChI is InChI=1S/C18H28N4O3/c1-4-14(3)12-21-22-18(24)20-11-10-15-6-8-16(9-7-15)25-13-17(23)19-5-2/h6-9,12,14H,4-5,10-11,13H2,1-3H3,(H,19,23)(H2,20,22,24)/b21-12+/t14-/m0/s1. The molecule has 3 N–H and O–H groups in total. The average Bonchev–Trinajstić information content (AvgIpc) is 2.61. The van der Waals surface area contributed by atoms with Gasteiger partial charge in [-0.2, -0.15) is 5.10 Å². The summed E-state index contributed by atoms with van der Waals surface area (Å²) in [6.07, 6.45) is 3.40. The highest BCUT2D eigenvalue weighted by atomic mass is 16.5. The molecular weight excluding hydrogens is 320 g/mol. The maximum atomic E-state index is 11.6. The smallest absolute Gasteiger partial charge is 0.335 e. The van der Waals surface area contributed by atoms with Crippen molar-refractivity contribution >= 4 is 18.2 Å². The summed E-state index contributed by atoms with van der Waals surface area (Å²) in [7, 11) is 0. The van der Waals surface area contributed by atoms with Crippen LogP contribution in [0, 0.1) is 5.92 Å². The molecule has 0 saturated carbocycles. The van der Waals surface area contributed by atoms with Gasteiger partial charge in [-0.05, 0) is 43.4 Å². The van der Waals surface area contributed by atoms with Crippen LogP contribution in [0.2, 0.25) is 0 Å². The number of carbonyl (C=O) groups excluding carboxylic acids is 2. The molecule has 7 nitrogen and oxygen atoms in total. The molecule has 1 aromatic rings. The molecular formula is C18H28N4O3. The number of ether oxygens (including phenoxy) is 1. The van der Waals surface area contributed by atoms with Gasteiger partial charge in [-0.1, -0.05) is 26.0 Å². The SMILES string of the molecule is CCNC(=O)COc1ccc(CCNC(=O)N/N=C/[C@@H](C)CC)cc1. The number of carbonyl (C=O) groups is 2. The molecule has 0 aliphatic rings. The molecule has 0 bridgehead atoms. The van der Waals surface area contributed by atoms with Crippen molar-refractivity contribution in [3.63, 3.8) is 0 Å². The lowest BCUT2D eigenvalue weighted by Crippen LogP contribution is -2.33. The third-order valence-electron chi connectivity index (χ3n) is 3.51. The second-order valence-corrected chi connectivity index (χ2v) is 5.67. The summed E-state index contributed by atoms with van der Waals surface area (Å²) in [6, 6.07) is 7.12. The lowest BCUT2D eigenvalue weighted by molar-refractivity contribution is -0.122. The van der Waals surface area contributed by atoms with Crippen LogP contribution >= 0.6 is 0 Å². The van der Waals surface area contributed by atoms with E-state index < -0.39 is 0 Å². The molecule has 0 aliphatic carbocycles. The van der Waals surface area contributed by atoms with E-state index in [2.05, 4.69) is 28.1 Å². The van der Waals surface area contributed by atoms with Crippen LogP contribution in [0.25, 0.3) is 0 Å². The number of nitrogens with zero attached hydrogens (tertiary/aromatic N) is 1. The first-order chi connectivity index (χ1) is 12.0. The molecule has 3 amide bonds. The molecule has 1 atom stereocenters. The van der Waals surface area contributed by atoms with Gasteiger partial charge in [0.2, 0.25) is 0 Å². The van der Waals surface area contributed by atoms with Gasteiger partial charge < -0.3 is 15.4 Å². The zero-order valence-corrected chi connectivity index (χ0v) is 15.2. The maximum absolute atomic E-state index is 11.6. The molecule has 1 rings (SSSR count). The molecule has 0 aromatic heterocycles. The van der Waals surface area contributed by atoms with E-state index in [1.54, 1.807) is 6.21 Å². The van der Waals surface area contributed by atoms with Gasteiger partial charge in [0, 0.05) is 19.3 Å². The number of rotatable bonds is 10. The van der Waals surface area contributed by atoms with Crippen LogP contribution in [-0.4, -0.2) is 37.8 Å². The zero-order chi connectivity index (χ0) is 18.5. The predicted octanol–water partition coefficient (Wildman–Crippen LogP) is 2.08. The number of likely N-dealkylation sites (N-methyl/N-ethyl adjacent to an activating group) is 1. The summed E-state index contributed by atoms with van der Waals surface area (Å²) in [5.41, 5.74) is 3.51. The van der Waals surface area contributed by atoms with Crippen molar-refractivity contribution in [2.45, 2.75) is 33.6 Å². The maximum Gasteiger partial charge on any atom is 0.335 e. The number of urea groups is 1. The zero-order valence-electron chi connectivity index (χ0n) is 15.2. The Labute approximate surface area is 149 Å². The van der Waals surface area contributed by atoms with E-state index in [1.807, 2.05) is 38.1 Å². The third kappa shape index (κ3) is 9.34. The van der Waals surface area contributed by atoms with E-state index in [1.165, 1.54) is 0 Å². The molecule has 0 saturated heterocycles. The Balaban J connectivity index is 2.26. The Bertz CT molecular complexity index is 558. The van der Waals surface area contributed by atoms with Gasteiger partial charge in [-0.25, -0.2) is 10.2 Å². The van der Waals surface area contributed by atoms with Gasteiger partial charge >= 0.3 is 6.03 Å². The average molecular weight is 348 g/mol. The van der Waals surface area contributed by atoms with Crippen molar-refractivity contribution in [1.82, 2.24) is 16.1 Å². The van der Waals surface area contributed by atoms with Crippen LogP contribution in [-0.2, 0) is 11.2 Å². The van der Waals surface area contributed by atoms with Crippen molar-refractivity contribution < 1.29 is 14.3 Å². The highest BCUT2D eigenvalue weighted by Gasteiger charge is 2.02. The summed E-state index contributed by atoms with van der Waals surface area (Å²) >= 11 is 0. The molecule has 1 aromatic carbocycles. The fraction of sp³-hybridized carbons (Fsp3) is 0.500. The highest BCUT2D eigenvalue weighted by Crippen LogP contribution is 2.12. The first-order valence-electron chi connectivity index (χ1n) is 8.60. The van der Waals surface area contributed by atoms with Crippen LogP contribution in [0.4, 0.5) is 4.79 Å². The van der Waals surface area contributed by atoms with Gasteiger partial charge in [0.15, 0.2) is 6.61 Å². The summed E-state index contributed by atoms with van der Waals surface area (Å²) in [6.45, 7) is 7.05. The summed E-state index contributed by atoms with van der Waals surface area (Å²) < 4.78 is 5.38. The summed E-state index contributed by atoms with van der Waals surface area (Å²) in [5, 5.41) is 9.30.